The van der Waals surface area contributed by atoms with Gasteiger partial charge in [-0.15, -0.1) is 0 Å². The van der Waals surface area contributed by atoms with E-state index in [-0.39, 0.29) is 18.0 Å². The number of hydrogen-bond donors (Lipinski definition) is 0. The molecule has 2 fully saturated rings. The fraction of sp³-hybridized carbons (Fsp3) is 0.625. The van der Waals surface area contributed by atoms with Gasteiger partial charge < -0.3 is 9.22 Å². The van der Waals surface area contributed by atoms with Crippen LogP contribution in [-0.2, 0) is 9.53 Å². The van der Waals surface area contributed by atoms with Gasteiger partial charge >= 0.3 is 5.97 Å². The van der Waals surface area contributed by atoms with Crippen molar-refractivity contribution in [3.05, 3.63) is 42.0 Å². The summed E-state index contributed by atoms with van der Waals surface area (Å²) in [5.74, 6) is -0.0699. The molecule has 27 heavy (non-hydrogen) atoms. The predicted octanol–water partition coefficient (Wildman–Crippen LogP) is 4.96. The lowest BCUT2D eigenvalue weighted by molar-refractivity contribution is -0.963. The molecule has 146 valence electrons. The number of piperidine rings is 1. The predicted molar refractivity (Wildman–Crippen MR) is 109 cm³/mol. The van der Waals surface area contributed by atoms with E-state index in [2.05, 4.69) is 44.2 Å². The van der Waals surface area contributed by atoms with Gasteiger partial charge in [-0.25, -0.2) is 0 Å². The summed E-state index contributed by atoms with van der Waals surface area (Å²) in [6.07, 6.45) is 10.2. The smallest absolute Gasteiger partial charge is 0.313 e. The third kappa shape index (κ3) is 3.35. The van der Waals surface area contributed by atoms with Crippen LogP contribution in [0.2, 0.25) is 0 Å². The zero-order valence-corrected chi connectivity index (χ0v) is 16.9. The van der Waals surface area contributed by atoms with E-state index in [9.17, 15) is 4.79 Å². The van der Waals surface area contributed by atoms with Crippen LogP contribution in [0.5, 0.6) is 0 Å². The molecule has 0 aromatic heterocycles. The van der Waals surface area contributed by atoms with E-state index in [0.717, 1.165) is 32.1 Å². The van der Waals surface area contributed by atoms with Gasteiger partial charge in [0.2, 0.25) is 0 Å². The quantitative estimate of drug-likeness (QED) is 0.542. The molecular formula is C24H34NO2+. The van der Waals surface area contributed by atoms with E-state index in [1.165, 1.54) is 41.6 Å². The van der Waals surface area contributed by atoms with Crippen LogP contribution in [0.15, 0.2) is 36.4 Å². The van der Waals surface area contributed by atoms with Crippen LogP contribution in [-0.4, -0.2) is 41.7 Å². The zero-order valence-electron chi connectivity index (χ0n) is 16.9. The molecule has 1 aliphatic carbocycles. The van der Waals surface area contributed by atoms with E-state index in [1.807, 2.05) is 6.07 Å². The standard InChI is InChI=1S/C24H34NO2/c1-3-25(4-2)19-14-15-20(25)17-21(16-19)27-24(26)23-13-9-8-12-22(23)18-10-6-5-7-11-18/h5-7,10-12,19-21,23H,3-4,8-9,13-17H2,1-2H3/q+1. The maximum Gasteiger partial charge on any atom is 0.313 e. The highest BCUT2D eigenvalue weighted by molar-refractivity contribution is 5.89. The van der Waals surface area contributed by atoms with Gasteiger partial charge in [-0.05, 0) is 44.2 Å². The minimum atomic E-state index is -0.0858. The fourth-order valence-electron chi connectivity index (χ4n) is 6.23. The summed E-state index contributed by atoms with van der Waals surface area (Å²) in [6, 6.07) is 11.8. The number of hydrogen-bond acceptors (Lipinski definition) is 2. The van der Waals surface area contributed by atoms with Crippen molar-refractivity contribution in [2.45, 2.75) is 77.0 Å². The lowest BCUT2D eigenvalue weighted by atomic mass is 9.83. The molecule has 1 aromatic rings. The van der Waals surface area contributed by atoms with Gasteiger partial charge in [0.1, 0.15) is 6.10 Å². The van der Waals surface area contributed by atoms with Gasteiger partial charge in [-0.1, -0.05) is 36.4 Å². The molecule has 3 unspecified atom stereocenters. The summed E-state index contributed by atoms with van der Waals surface area (Å²) in [6.45, 7) is 7.10. The summed E-state index contributed by atoms with van der Waals surface area (Å²) in [7, 11) is 0. The number of allylic oxidation sites excluding steroid dienone is 1. The highest BCUT2D eigenvalue weighted by Gasteiger charge is 2.53. The van der Waals surface area contributed by atoms with Gasteiger partial charge in [0, 0.05) is 25.7 Å². The van der Waals surface area contributed by atoms with Gasteiger partial charge in [0.25, 0.3) is 0 Å². The summed E-state index contributed by atoms with van der Waals surface area (Å²) < 4.78 is 7.41. The van der Waals surface area contributed by atoms with Crippen LogP contribution >= 0.6 is 0 Å². The number of fused-ring (bicyclic) bond motifs is 2. The molecule has 3 aliphatic rings. The number of quaternary nitrogens is 1. The fourth-order valence-corrected chi connectivity index (χ4v) is 6.23. The number of nitrogens with zero attached hydrogens (tertiary/aromatic N) is 1. The Balaban J connectivity index is 1.45. The monoisotopic (exact) mass is 368 g/mol. The Morgan fingerprint density at radius 2 is 1.70 bits per heavy atom. The van der Waals surface area contributed by atoms with Crippen LogP contribution in [0.4, 0.5) is 0 Å². The SMILES string of the molecule is CC[N+]1(CC)C2CCC1CC(OC(=O)C1CCCC=C1c1ccccc1)C2. The summed E-state index contributed by atoms with van der Waals surface area (Å²) in [4.78, 5) is 13.1. The second-order valence-corrected chi connectivity index (χ2v) is 8.66. The molecular weight excluding hydrogens is 334 g/mol. The number of rotatable bonds is 5. The Bertz CT molecular complexity index is 676. The number of ether oxygens (including phenoxy) is 1. The average Bonchev–Trinajstić information content (AvgIpc) is 2.90. The van der Waals surface area contributed by atoms with Crippen molar-refractivity contribution < 1.29 is 14.0 Å². The average molecular weight is 369 g/mol. The molecule has 0 spiro atoms. The molecule has 3 heteroatoms. The van der Waals surface area contributed by atoms with E-state index >= 15 is 0 Å². The Hall–Kier alpha value is -1.61. The van der Waals surface area contributed by atoms with Gasteiger partial charge in [-0.2, -0.15) is 0 Å². The van der Waals surface area contributed by atoms with E-state index in [1.54, 1.807) is 0 Å². The van der Waals surface area contributed by atoms with Crippen LogP contribution in [0.25, 0.3) is 5.57 Å². The lowest BCUT2D eigenvalue weighted by Gasteiger charge is -2.48. The maximum absolute atomic E-state index is 13.1. The zero-order chi connectivity index (χ0) is 18.9. The Morgan fingerprint density at radius 3 is 2.33 bits per heavy atom. The van der Waals surface area contributed by atoms with Crippen LogP contribution in [0.1, 0.15) is 64.4 Å². The maximum atomic E-state index is 13.1. The molecule has 3 atom stereocenters. The van der Waals surface area contributed by atoms with E-state index < -0.39 is 0 Å². The first kappa shape index (κ1) is 18.7. The van der Waals surface area contributed by atoms with Gasteiger partial charge in [0.15, 0.2) is 0 Å². The lowest BCUT2D eigenvalue weighted by Crippen LogP contribution is -2.61. The molecule has 1 aromatic carbocycles. The van der Waals surface area contributed by atoms with Crippen molar-refractivity contribution in [2.24, 2.45) is 5.92 Å². The number of carbonyl (C=O) groups is 1. The third-order valence-electron chi connectivity index (χ3n) is 7.65. The highest BCUT2D eigenvalue weighted by atomic mass is 16.5. The molecule has 2 heterocycles. The molecule has 4 rings (SSSR count). The van der Waals surface area contributed by atoms with Crippen molar-refractivity contribution >= 4 is 11.5 Å². The molecule has 0 saturated carbocycles. The Kier molecular flexibility index (Phi) is 5.41. The van der Waals surface area contributed by atoms with Crippen molar-refractivity contribution in [2.75, 3.05) is 13.1 Å². The van der Waals surface area contributed by atoms with Crippen molar-refractivity contribution in [3.63, 3.8) is 0 Å². The summed E-state index contributed by atoms with van der Waals surface area (Å²) in [5.41, 5.74) is 2.35. The largest absolute Gasteiger partial charge is 0.461 e. The molecule has 2 aliphatic heterocycles. The Morgan fingerprint density at radius 1 is 1.04 bits per heavy atom. The number of benzene rings is 1. The number of carbonyl (C=O) groups excluding carboxylic acids is 1. The Labute approximate surface area is 164 Å². The molecule has 2 saturated heterocycles. The molecule has 3 nitrogen and oxygen atoms in total. The second-order valence-electron chi connectivity index (χ2n) is 8.66. The van der Waals surface area contributed by atoms with E-state index in [4.69, 9.17) is 4.74 Å². The van der Waals surface area contributed by atoms with Crippen LogP contribution < -0.4 is 0 Å². The van der Waals surface area contributed by atoms with Crippen LogP contribution in [0, 0.1) is 5.92 Å². The summed E-state index contributed by atoms with van der Waals surface area (Å²) in [5, 5.41) is 0. The highest BCUT2D eigenvalue weighted by Crippen LogP contribution is 2.44. The molecule has 0 N–H and O–H groups in total. The van der Waals surface area contributed by atoms with Crippen molar-refractivity contribution in [1.29, 1.82) is 0 Å². The molecule has 0 radical (unpaired) electrons. The molecule has 2 bridgehead atoms. The van der Waals surface area contributed by atoms with Crippen LogP contribution in [0.3, 0.4) is 0 Å². The van der Waals surface area contributed by atoms with E-state index in [0.29, 0.717) is 12.1 Å². The first-order valence-electron chi connectivity index (χ1n) is 11.0. The first-order chi connectivity index (χ1) is 13.2. The number of esters is 1. The summed E-state index contributed by atoms with van der Waals surface area (Å²) >= 11 is 0. The van der Waals surface area contributed by atoms with Gasteiger partial charge in [0.05, 0.1) is 31.1 Å². The minimum Gasteiger partial charge on any atom is -0.461 e. The molecule has 0 amide bonds. The van der Waals surface area contributed by atoms with Crippen molar-refractivity contribution in [3.8, 4) is 0 Å². The minimum absolute atomic E-state index is 0.0159. The third-order valence-corrected chi connectivity index (χ3v) is 7.65. The normalized spacial score (nSPS) is 32.0. The first-order valence-corrected chi connectivity index (χ1v) is 11.0. The van der Waals surface area contributed by atoms with Gasteiger partial charge in [-0.3, -0.25) is 4.79 Å². The second kappa shape index (κ2) is 7.79. The van der Waals surface area contributed by atoms with Crippen molar-refractivity contribution in [1.82, 2.24) is 0 Å². The topological polar surface area (TPSA) is 26.3 Å².